The molecule has 1 N–H and O–H groups in total. The third-order valence-electron chi connectivity index (χ3n) is 3.83. The molecule has 0 radical (unpaired) electrons. The van der Waals surface area contributed by atoms with Crippen molar-refractivity contribution in [1.29, 1.82) is 0 Å². The first-order chi connectivity index (χ1) is 10.1. The number of rotatable bonds is 3. The molecule has 0 saturated carbocycles. The van der Waals surface area contributed by atoms with E-state index in [1.807, 2.05) is 6.92 Å². The second kappa shape index (κ2) is 5.97. The Hall–Kier alpha value is -1.69. The van der Waals surface area contributed by atoms with Crippen LogP contribution in [0.5, 0.6) is 0 Å². The molecule has 0 fully saturated rings. The quantitative estimate of drug-likeness (QED) is 0.887. The highest BCUT2D eigenvalue weighted by atomic mass is 32.1. The SMILES string of the molecule is Cc1nc(CN(C)C(=O)c2cc3c(s2)CCCCC3)n[nH]1. The lowest BCUT2D eigenvalue weighted by Crippen LogP contribution is -2.26. The van der Waals surface area contributed by atoms with Gasteiger partial charge < -0.3 is 4.90 Å². The number of hydrogen-bond donors (Lipinski definition) is 1. The smallest absolute Gasteiger partial charge is 0.264 e. The summed E-state index contributed by atoms with van der Waals surface area (Å²) in [7, 11) is 1.80. The van der Waals surface area contributed by atoms with E-state index in [-0.39, 0.29) is 5.91 Å². The van der Waals surface area contributed by atoms with Crippen molar-refractivity contribution in [2.45, 2.75) is 45.6 Å². The molecule has 21 heavy (non-hydrogen) atoms. The van der Waals surface area contributed by atoms with Crippen LogP contribution in [-0.4, -0.2) is 33.0 Å². The second-order valence-electron chi connectivity index (χ2n) is 5.62. The predicted molar refractivity (Wildman–Crippen MR) is 82.5 cm³/mol. The third-order valence-corrected chi connectivity index (χ3v) is 5.05. The molecule has 0 bridgehead atoms. The summed E-state index contributed by atoms with van der Waals surface area (Å²) < 4.78 is 0. The number of nitrogens with zero attached hydrogens (tertiary/aromatic N) is 3. The fraction of sp³-hybridized carbons (Fsp3) is 0.533. The van der Waals surface area contributed by atoms with Gasteiger partial charge in [0.1, 0.15) is 5.82 Å². The Morgan fingerprint density at radius 3 is 2.95 bits per heavy atom. The van der Waals surface area contributed by atoms with Crippen LogP contribution in [0.3, 0.4) is 0 Å². The van der Waals surface area contributed by atoms with Gasteiger partial charge in [-0.15, -0.1) is 11.3 Å². The summed E-state index contributed by atoms with van der Waals surface area (Å²) in [5.41, 5.74) is 1.38. The maximum atomic E-state index is 12.5. The van der Waals surface area contributed by atoms with Gasteiger partial charge in [-0.05, 0) is 44.2 Å². The topological polar surface area (TPSA) is 61.9 Å². The summed E-state index contributed by atoms with van der Waals surface area (Å²) in [5.74, 6) is 1.49. The first-order valence-electron chi connectivity index (χ1n) is 7.38. The number of aromatic nitrogens is 3. The molecule has 0 aliphatic heterocycles. The molecule has 0 aromatic carbocycles. The second-order valence-corrected chi connectivity index (χ2v) is 6.75. The molecular weight excluding hydrogens is 284 g/mol. The summed E-state index contributed by atoms with van der Waals surface area (Å²) in [6.45, 7) is 2.29. The van der Waals surface area contributed by atoms with Crippen LogP contribution in [0.4, 0.5) is 0 Å². The molecule has 1 aliphatic carbocycles. The predicted octanol–water partition coefficient (Wildman–Crippen LogP) is 2.72. The third kappa shape index (κ3) is 3.15. The van der Waals surface area contributed by atoms with Crippen LogP contribution >= 0.6 is 11.3 Å². The number of amides is 1. The van der Waals surface area contributed by atoms with Gasteiger partial charge in [0.2, 0.25) is 0 Å². The van der Waals surface area contributed by atoms with E-state index in [1.54, 1.807) is 23.3 Å². The molecule has 1 aliphatic rings. The van der Waals surface area contributed by atoms with E-state index >= 15 is 0 Å². The van der Waals surface area contributed by atoms with Gasteiger partial charge in [0.25, 0.3) is 5.91 Å². The molecule has 2 aromatic heterocycles. The largest absolute Gasteiger partial charge is 0.333 e. The van der Waals surface area contributed by atoms with Gasteiger partial charge in [-0.1, -0.05) is 6.42 Å². The average molecular weight is 304 g/mol. The van der Waals surface area contributed by atoms with Gasteiger partial charge in [-0.25, -0.2) is 4.98 Å². The van der Waals surface area contributed by atoms with Crippen molar-refractivity contribution in [3.63, 3.8) is 0 Å². The molecule has 2 aromatic rings. The van der Waals surface area contributed by atoms with Crippen molar-refractivity contribution in [2.75, 3.05) is 7.05 Å². The van der Waals surface area contributed by atoms with Crippen molar-refractivity contribution in [3.8, 4) is 0 Å². The van der Waals surface area contributed by atoms with E-state index in [1.165, 1.54) is 29.7 Å². The van der Waals surface area contributed by atoms with Crippen LogP contribution < -0.4 is 0 Å². The van der Waals surface area contributed by atoms with Crippen LogP contribution in [0.25, 0.3) is 0 Å². The minimum absolute atomic E-state index is 0.0653. The minimum atomic E-state index is 0.0653. The normalized spacial score (nSPS) is 14.6. The van der Waals surface area contributed by atoms with Crippen LogP contribution in [0.1, 0.15) is 51.0 Å². The molecule has 3 rings (SSSR count). The monoisotopic (exact) mass is 304 g/mol. The minimum Gasteiger partial charge on any atom is -0.333 e. The van der Waals surface area contributed by atoms with Crippen molar-refractivity contribution in [1.82, 2.24) is 20.1 Å². The number of nitrogens with one attached hydrogen (secondary N) is 1. The van der Waals surface area contributed by atoms with Crippen molar-refractivity contribution in [2.24, 2.45) is 0 Å². The highest BCUT2D eigenvalue weighted by molar-refractivity contribution is 7.14. The molecular formula is C15H20N4OS. The lowest BCUT2D eigenvalue weighted by molar-refractivity contribution is 0.0786. The number of H-pyrrole nitrogens is 1. The van der Waals surface area contributed by atoms with E-state index in [9.17, 15) is 4.79 Å². The van der Waals surface area contributed by atoms with Gasteiger partial charge in [0.15, 0.2) is 5.82 Å². The number of carbonyl (C=O) groups excluding carboxylic acids is 1. The molecule has 0 spiro atoms. The van der Waals surface area contributed by atoms with Gasteiger partial charge in [-0.2, -0.15) is 5.10 Å². The number of hydrogen-bond acceptors (Lipinski definition) is 4. The van der Waals surface area contributed by atoms with Crippen molar-refractivity contribution in [3.05, 3.63) is 33.0 Å². The molecule has 2 heterocycles. The van der Waals surface area contributed by atoms with Crippen LogP contribution in [0, 0.1) is 6.92 Å². The molecule has 0 atom stereocenters. The summed E-state index contributed by atoms with van der Waals surface area (Å²) >= 11 is 1.66. The Morgan fingerprint density at radius 1 is 1.38 bits per heavy atom. The molecule has 6 heteroatoms. The molecule has 0 saturated heterocycles. The Labute approximate surface area is 128 Å². The maximum absolute atomic E-state index is 12.5. The van der Waals surface area contributed by atoms with Crippen molar-refractivity contribution < 1.29 is 4.79 Å². The Morgan fingerprint density at radius 2 is 2.19 bits per heavy atom. The number of thiophene rings is 1. The zero-order chi connectivity index (χ0) is 14.8. The molecule has 5 nitrogen and oxygen atoms in total. The van der Waals surface area contributed by atoms with Gasteiger partial charge in [0.05, 0.1) is 11.4 Å². The van der Waals surface area contributed by atoms with E-state index < -0.39 is 0 Å². The number of aryl methyl sites for hydroxylation is 3. The molecule has 112 valence electrons. The van der Waals surface area contributed by atoms with E-state index in [2.05, 4.69) is 21.2 Å². The maximum Gasteiger partial charge on any atom is 0.264 e. The lowest BCUT2D eigenvalue weighted by Gasteiger charge is -2.13. The van der Waals surface area contributed by atoms with Crippen molar-refractivity contribution >= 4 is 17.2 Å². The summed E-state index contributed by atoms with van der Waals surface area (Å²) in [5, 5.41) is 6.89. The van der Waals surface area contributed by atoms with Crippen LogP contribution in [-0.2, 0) is 19.4 Å². The summed E-state index contributed by atoms with van der Waals surface area (Å²) in [6.07, 6.45) is 6.02. The zero-order valence-electron chi connectivity index (χ0n) is 12.5. The zero-order valence-corrected chi connectivity index (χ0v) is 13.3. The number of carbonyl (C=O) groups is 1. The van der Waals surface area contributed by atoms with E-state index in [4.69, 9.17) is 0 Å². The average Bonchev–Trinajstić information content (AvgIpc) is 2.99. The Bertz CT molecular complexity index is 622. The fourth-order valence-electron chi connectivity index (χ4n) is 2.70. The lowest BCUT2D eigenvalue weighted by atomic mass is 10.1. The summed E-state index contributed by atoms with van der Waals surface area (Å²) in [4.78, 5) is 20.7. The van der Waals surface area contributed by atoms with E-state index in [0.717, 1.165) is 23.5 Å². The standard InChI is InChI=1S/C15H20N4OS/c1-10-16-14(18-17-10)9-19(2)15(20)13-8-11-6-4-3-5-7-12(11)21-13/h8H,3-7,9H2,1-2H3,(H,16,17,18). The van der Waals surface area contributed by atoms with Gasteiger partial charge >= 0.3 is 0 Å². The first kappa shape index (κ1) is 14.3. The number of aromatic amines is 1. The van der Waals surface area contributed by atoms with Crippen LogP contribution in [0.2, 0.25) is 0 Å². The number of fused-ring (bicyclic) bond motifs is 1. The molecule has 1 amide bonds. The Balaban J connectivity index is 1.72. The Kier molecular flexibility index (Phi) is 4.05. The van der Waals surface area contributed by atoms with E-state index in [0.29, 0.717) is 12.4 Å². The summed E-state index contributed by atoms with van der Waals surface area (Å²) in [6, 6.07) is 2.09. The fourth-order valence-corrected chi connectivity index (χ4v) is 3.95. The first-order valence-corrected chi connectivity index (χ1v) is 8.20. The van der Waals surface area contributed by atoms with Crippen LogP contribution in [0.15, 0.2) is 6.07 Å². The molecule has 0 unspecified atom stereocenters. The highest BCUT2D eigenvalue weighted by Gasteiger charge is 2.20. The highest BCUT2D eigenvalue weighted by Crippen LogP contribution is 2.29. The van der Waals surface area contributed by atoms with Gasteiger partial charge in [-0.3, -0.25) is 9.89 Å². The van der Waals surface area contributed by atoms with Gasteiger partial charge in [0, 0.05) is 11.9 Å².